The minimum Gasteiger partial charge on any atom is -0.385 e. The number of piperidine rings is 1. The standard InChI is InChI=1S/C29H34N2O3/c1-20-15-22(25-9-5-4-7-21(25)8-6-14-33-3)10-11-24(20)27-17-30-13-12-29(27)26-16-28(32)31(2)18-23(26)19-34-29/h4-5,7,9-11,15-16,18,27,30H,6,8,12-14,17,19H2,1-3H3/t27-,29+/m1/s1. The molecule has 5 rings (SSSR count). The van der Waals surface area contributed by atoms with Crippen molar-refractivity contribution in [2.45, 2.75) is 44.3 Å². The van der Waals surface area contributed by atoms with Crippen molar-refractivity contribution >= 4 is 0 Å². The highest BCUT2D eigenvalue weighted by atomic mass is 16.5. The van der Waals surface area contributed by atoms with Crippen LogP contribution in [0.5, 0.6) is 0 Å². The molecular weight excluding hydrogens is 424 g/mol. The van der Waals surface area contributed by atoms with Crippen LogP contribution in [-0.2, 0) is 35.2 Å². The Bertz CT molecular complexity index is 1250. The van der Waals surface area contributed by atoms with Gasteiger partial charge >= 0.3 is 0 Å². The van der Waals surface area contributed by atoms with Crippen LogP contribution in [0.25, 0.3) is 11.1 Å². The Labute approximate surface area is 201 Å². The normalized spacial score (nSPS) is 21.7. The molecule has 1 aromatic heterocycles. The summed E-state index contributed by atoms with van der Waals surface area (Å²) in [7, 11) is 3.56. The average molecular weight is 459 g/mol. The summed E-state index contributed by atoms with van der Waals surface area (Å²) >= 11 is 0. The van der Waals surface area contributed by atoms with Crippen LogP contribution in [0, 0.1) is 6.92 Å². The second-order valence-electron chi connectivity index (χ2n) is 9.67. The third-order valence-corrected chi connectivity index (χ3v) is 7.60. The molecule has 2 aromatic carbocycles. The van der Waals surface area contributed by atoms with E-state index in [0.29, 0.717) is 6.61 Å². The van der Waals surface area contributed by atoms with E-state index in [2.05, 4.69) is 54.7 Å². The van der Waals surface area contributed by atoms with Gasteiger partial charge in [-0.15, -0.1) is 0 Å². The fourth-order valence-corrected chi connectivity index (χ4v) is 5.86. The number of fused-ring (bicyclic) bond motifs is 2. The van der Waals surface area contributed by atoms with E-state index in [4.69, 9.17) is 9.47 Å². The Kier molecular flexibility index (Phi) is 6.43. The summed E-state index contributed by atoms with van der Waals surface area (Å²) in [6.07, 6.45) is 4.82. The van der Waals surface area contributed by atoms with E-state index in [1.807, 2.05) is 13.2 Å². The number of ether oxygens (including phenoxy) is 2. The number of hydrogen-bond donors (Lipinski definition) is 1. The number of hydrogen-bond acceptors (Lipinski definition) is 4. The van der Waals surface area contributed by atoms with Gasteiger partial charge in [-0.2, -0.15) is 0 Å². The number of methoxy groups -OCH3 is 1. The number of rotatable bonds is 6. The third kappa shape index (κ3) is 4.02. The van der Waals surface area contributed by atoms with Gasteiger partial charge < -0.3 is 19.4 Å². The lowest BCUT2D eigenvalue weighted by molar-refractivity contribution is -0.0749. The van der Waals surface area contributed by atoms with Crippen LogP contribution in [0.3, 0.4) is 0 Å². The molecule has 2 aliphatic rings. The first-order chi connectivity index (χ1) is 16.5. The molecule has 0 radical (unpaired) electrons. The number of benzene rings is 2. The maximum absolute atomic E-state index is 12.5. The van der Waals surface area contributed by atoms with Gasteiger partial charge in [-0.05, 0) is 66.1 Å². The Morgan fingerprint density at radius 3 is 2.88 bits per heavy atom. The molecule has 0 saturated carbocycles. The largest absolute Gasteiger partial charge is 0.385 e. The highest BCUT2D eigenvalue weighted by Gasteiger charge is 2.49. The number of pyridine rings is 1. The summed E-state index contributed by atoms with van der Waals surface area (Å²) in [6.45, 7) is 5.26. The fourth-order valence-electron chi connectivity index (χ4n) is 5.86. The zero-order chi connectivity index (χ0) is 23.7. The molecule has 1 fully saturated rings. The van der Waals surface area contributed by atoms with E-state index in [-0.39, 0.29) is 11.5 Å². The number of aromatic nitrogens is 1. The summed E-state index contributed by atoms with van der Waals surface area (Å²) in [5, 5.41) is 3.58. The molecule has 34 heavy (non-hydrogen) atoms. The number of nitrogens with zero attached hydrogens (tertiary/aromatic N) is 1. The van der Waals surface area contributed by atoms with Gasteiger partial charge in [-0.3, -0.25) is 4.79 Å². The van der Waals surface area contributed by atoms with Crippen molar-refractivity contribution in [3.05, 3.63) is 92.9 Å². The number of aryl methyl sites for hydroxylation is 3. The topological polar surface area (TPSA) is 52.5 Å². The first-order valence-electron chi connectivity index (χ1n) is 12.3. The minimum atomic E-state index is -0.446. The molecule has 3 heterocycles. The lowest BCUT2D eigenvalue weighted by atomic mass is 9.72. The average Bonchev–Trinajstić information content (AvgIpc) is 3.17. The molecular formula is C29H34N2O3. The second-order valence-corrected chi connectivity index (χ2v) is 9.67. The minimum absolute atomic E-state index is 0.0260. The summed E-state index contributed by atoms with van der Waals surface area (Å²) in [5.74, 6) is 0.153. The van der Waals surface area contributed by atoms with Gasteiger partial charge in [0, 0.05) is 51.1 Å². The fraction of sp³-hybridized carbons (Fsp3) is 0.414. The van der Waals surface area contributed by atoms with E-state index in [1.165, 1.54) is 27.8 Å². The molecule has 178 valence electrons. The van der Waals surface area contributed by atoms with Crippen molar-refractivity contribution in [3.63, 3.8) is 0 Å². The predicted molar refractivity (Wildman–Crippen MR) is 135 cm³/mol. The maximum Gasteiger partial charge on any atom is 0.250 e. The summed E-state index contributed by atoms with van der Waals surface area (Å²) in [5.41, 5.74) is 8.23. The van der Waals surface area contributed by atoms with Gasteiger partial charge in [0.15, 0.2) is 0 Å². The Morgan fingerprint density at radius 2 is 2.06 bits per heavy atom. The highest BCUT2D eigenvalue weighted by Crippen LogP contribution is 2.50. The smallest absolute Gasteiger partial charge is 0.250 e. The van der Waals surface area contributed by atoms with Crippen molar-refractivity contribution in [2.24, 2.45) is 7.05 Å². The first-order valence-corrected chi connectivity index (χ1v) is 12.3. The Balaban J connectivity index is 1.51. The zero-order valence-electron chi connectivity index (χ0n) is 20.4. The van der Waals surface area contributed by atoms with Crippen molar-refractivity contribution in [1.82, 2.24) is 9.88 Å². The molecule has 5 nitrogen and oxygen atoms in total. The van der Waals surface area contributed by atoms with Gasteiger partial charge in [-0.25, -0.2) is 0 Å². The number of nitrogens with one attached hydrogen (secondary N) is 1. The van der Waals surface area contributed by atoms with Crippen molar-refractivity contribution in [2.75, 3.05) is 26.8 Å². The Hall–Kier alpha value is -2.73. The molecule has 3 aromatic rings. The van der Waals surface area contributed by atoms with Crippen molar-refractivity contribution < 1.29 is 9.47 Å². The molecule has 1 N–H and O–H groups in total. The summed E-state index contributed by atoms with van der Waals surface area (Å²) in [4.78, 5) is 12.5. The lowest BCUT2D eigenvalue weighted by Gasteiger charge is -2.42. The van der Waals surface area contributed by atoms with E-state index >= 15 is 0 Å². The SMILES string of the molecule is COCCCc1ccccc1-c1ccc([C@H]2CNCC[C@@]23OCc2cn(C)c(=O)cc23)c(C)c1. The molecule has 0 aliphatic carbocycles. The Morgan fingerprint density at radius 1 is 1.21 bits per heavy atom. The van der Waals surface area contributed by atoms with E-state index in [1.54, 1.807) is 17.7 Å². The molecule has 2 atom stereocenters. The van der Waals surface area contributed by atoms with Gasteiger partial charge in [0.2, 0.25) is 0 Å². The zero-order valence-corrected chi connectivity index (χ0v) is 20.4. The molecule has 0 bridgehead atoms. The summed E-state index contributed by atoms with van der Waals surface area (Å²) < 4.78 is 13.5. The molecule has 0 amide bonds. The van der Waals surface area contributed by atoms with Crippen molar-refractivity contribution in [1.29, 1.82) is 0 Å². The van der Waals surface area contributed by atoms with E-state index < -0.39 is 5.60 Å². The first kappa shape index (κ1) is 23.0. The third-order valence-electron chi connectivity index (χ3n) is 7.60. The molecule has 1 saturated heterocycles. The van der Waals surface area contributed by atoms with Crippen LogP contribution in [-0.4, -0.2) is 31.4 Å². The molecule has 0 unspecified atom stereocenters. The van der Waals surface area contributed by atoms with E-state index in [0.717, 1.165) is 50.1 Å². The second kappa shape index (κ2) is 9.49. The van der Waals surface area contributed by atoms with Crippen molar-refractivity contribution in [3.8, 4) is 11.1 Å². The molecule has 2 aliphatic heterocycles. The van der Waals surface area contributed by atoms with Crippen LogP contribution in [0.4, 0.5) is 0 Å². The van der Waals surface area contributed by atoms with Crippen LogP contribution in [0.15, 0.2) is 59.5 Å². The quantitative estimate of drug-likeness (QED) is 0.555. The lowest BCUT2D eigenvalue weighted by Crippen LogP contribution is -2.47. The van der Waals surface area contributed by atoms with Gasteiger partial charge in [0.05, 0.1) is 6.61 Å². The van der Waals surface area contributed by atoms with Crippen LogP contribution in [0.2, 0.25) is 0 Å². The van der Waals surface area contributed by atoms with Crippen LogP contribution < -0.4 is 10.9 Å². The molecule has 1 spiro atoms. The van der Waals surface area contributed by atoms with Gasteiger partial charge in [0.1, 0.15) is 5.60 Å². The van der Waals surface area contributed by atoms with Crippen LogP contribution in [0.1, 0.15) is 46.6 Å². The monoisotopic (exact) mass is 458 g/mol. The predicted octanol–water partition coefficient (Wildman–Crippen LogP) is 4.44. The summed E-state index contributed by atoms with van der Waals surface area (Å²) in [6, 6.07) is 17.3. The van der Waals surface area contributed by atoms with E-state index in [9.17, 15) is 4.79 Å². The highest BCUT2D eigenvalue weighted by molar-refractivity contribution is 5.69. The van der Waals surface area contributed by atoms with Gasteiger partial charge in [-0.1, -0.05) is 42.5 Å². The van der Waals surface area contributed by atoms with Gasteiger partial charge in [0.25, 0.3) is 5.56 Å². The molecule has 5 heteroatoms. The maximum atomic E-state index is 12.5. The van der Waals surface area contributed by atoms with Crippen LogP contribution >= 0.6 is 0 Å².